The van der Waals surface area contributed by atoms with Gasteiger partial charge in [-0.2, -0.15) is 13.2 Å². The molecule has 1 fully saturated rings. The monoisotopic (exact) mass is 480 g/mol. The third-order valence-corrected chi connectivity index (χ3v) is 6.31. The quantitative estimate of drug-likeness (QED) is 0.563. The van der Waals surface area contributed by atoms with E-state index in [4.69, 9.17) is 15.2 Å². The van der Waals surface area contributed by atoms with Gasteiger partial charge in [-0.25, -0.2) is 0 Å². The molecule has 34 heavy (non-hydrogen) atoms. The smallest absolute Gasteiger partial charge is 0.416 e. The largest absolute Gasteiger partial charge is 0.508 e. The van der Waals surface area contributed by atoms with Crippen molar-refractivity contribution < 1.29 is 37.7 Å². The van der Waals surface area contributed by atoms with E-state index in [0.29, 0.717) is 55.8 Å². The van der Waals surface area contributed by atoms with E-state index in [2.05, 4.69) is 4.90 Å². The fourth-order valence-electron chi connectivity index (χ4n) is 4.58. The minimum atomic E-state index is -4.38. The Bertz CT molecular complexity index is 1050. The first kappa shape index (κ1) is 24.2. The van der Waals surface area contributed by atoms with Gasteiger partial charge in [0.25, 0.3) is 0 Å². The second-order valence-electron chi connectivity index (χ2n) is 8.98. The van der Waals surface area contributed by atoms with Gasteiger partial charge in [-0.3, -0.25) is 4.79 Å². The number of phenolic OH excluding ortho intramolecular Hbond substituents is 1. The molecule has 0 radical (unpaired) electrons. The van der Waals surface area contributed by atoms with Gasteiger partial charge in [-0.05, 0) is 29.8 Å². The van der Waals surface area contributed by atoms with Crippen LogP contribution in [0.1, 0.15) is 29.5 Å². The Hall–Kier alpha value is -2.98. The number of likely N-dealkylation sites (tertiary alicyclic amines) is 1. The van der Waals surface area contributed by atoms with Crippen molar-refractivity contribution in [2.24, 2.45) is 5.73 Å². The lowest BCUT2D eigenvalue weighted by molar-refractivity contribution is -0.137. The van der Waals surface area contributed by atoms with E-state index >= 15 is 0 Å². The standard InChI is InChI=1S/C24H27F3N2O5/c25-24(26,27)17-2-4-20-16(9-17)12-23(34-20)5-7-29(8-6-23)13-19(31)14-33-21-11-18(30)3-1-15(21)10-22(28)32/h1-4,9,11,19,30-31H,5-8,10,12-14H2,(H2,28,32)/t19-/m0/s1. The molecule has 2 heterocycles. The normalized spacial score (nSPS) is 18.4. The number of alkyl halides is 3. The predicted octanol–water partition coefficient (Wildman–Crippen LogP) is 2.65. The molecule has 0 aliphatic carbocycles. The lowest BCUT2D eigenvalue weighted by Crippen LogP contribution is -2.49. The molecule has 2 aromatic rings. The van der Waals surface area contributed by atoms with Gasteiger partial charge in [0, 0.05) is 50.5 Å². The molecule has 10 heteroatoms. The maximum atomic E-state index is 13.0. The summed E-state index contributed by atoms with van der Waals surface area (Å²) in [5.41, 5.74) is 5.15. The zero-order valence-electron chi connectivity index (χ0n) is 18.5. The number of aromatic hydroxyl groups is 1. The average Bonchev–Trinajstić information content (AvgIpc) is 3.12. The number of ether oxygens (including phenoxy) is 2. The van der Waals surface area contributed by atoms with E-state index in [1.807, 2.05) is 0 Å². The number of aliphatic hydroxyl groups is 1. The number of phenols is 1. The number of benzene rings is 2. The van der Waals surface area contributed by atoms with Crippen molar-refractivity contribution in [2.45, 2.75) is 43.6 Å². The molecular formula is C24H27F3N2O5. The van der Waals surface area contributed by atoms with Crippen molar-refractivity contribution >= 4 is 5.91 Å². The maximum absolute atomic E-state index is 13.0. The van der Waals surface area contributed by atoms with Crippen molar-refractivity contribution in [2.75, 3.05) is 26.2 Å². The van der Waals surface area contributed by atoms with Crippen molar-refractivity contribution in [3.8, 4) is 17.2 Å². The van der Waals surface area contributed by atoms with Gasteiger partial charge in [0.2, 0.25) is 5.91 Å². The summed E-state index contributed by atoms with van der Waals surface area (Å²) >= 11 is 0. The van der Waals surface area contributed by atoms with Gasteiger partial charge in [0.15, 0.2) is 0 Å². The first-order chi connectivity index (χ1) is 16.0. The summed E-state index contributed by atoms with van der Waals surface area (Å²) in [6.07, 6.45) is -3.56. The molecule has 0 unspecified atom stereocenters. The Labute approximate surface area is 194 Å². The van der Waals surface area contributed by atoms with Crippen molar-refractivity contribution in [3.63, 3.8) is 0 Å². The van der Waals surface area contributed by atoms with Crippen LogP contribution < -0.4 is 15.2 Å². The van der Waals surface area contributed by atoms with Crippen LogP contribution in [0.4, 0.5) is 13.2 Å². The topological polar surface area (TPSA) is 105 Å². The van der Waals surface area contributed by atoms with Crippen LogP contribution in [-0.2, 0) is 23.8 Å². The van der Waals surface area contributed by atoms with E-state index in [0.717, 1.165) is 6.07 Å². The Kier molecular flexibility index (Phi) is 6.64. The highest BCUT2D eigenvalue weighted by molar-refractivity contribution is 5.77. The molecule has 4 rings (SSSR count). The number of nitrogens with zero attached hydrogens (tertiary/aromatic N) is 1. The van der Waals surface area contributed by atoms with Gasteiger partial charge < -0.3 is 30.3 Å². The Balaban J connectivity index is 1.28. The molecule has 184 valence electrons. The summed E-state index contributed by atoms with van der Waals surface area (Å²) in [6.45, 7) is 1.54. The number of carbonyl (C=O) groups excluding carboxylic acids is 1. The molecule has 1 amide bonds. The number of primary amides is 1. The number of halogens is 3. The number of hydrogen-bond acceptors (Lipinski definition) is 6. The molecule has 0 aromatic heterocycles. The molecule has 0 saturated carbocycles. The van der Waals surface area contributed by atoms with Crippen LogP contribution >= 0.6 is 0 Å². The van der Waals surface area contributed by atoms with Gasteiger partial charge in [0.05, 0.1) is 12.0 Å². The molecule has 0 bridgehead atoms. The van der Waals surface area contributed by atoms with Gasteiger partial charge >= 0.3 is 6.18 Å². The first-order valence-corrected chi connectivity index (χ1v) is 11.1. The number of amides is 1. The fourth-order valence-corrected chi connectivity index (χ4v) is 4.58. The third-order valence-electron chi connectivity index (χ3n) is 6.31. The number of fused-ring (bicyclic) bond motifs is 1. The van der Waals surface area contributed by atoms with Crippen LogP contribution in [0.2, 0.25) is 0 Å². The summed E-state index contributed by atoms with van der Waals surface area (Å²) in [7, 11) is 0. The molecule has 1 spiro atoms. The molecule has 1 atom stereocenters. The number of aliphatic hydroxyl groups excluding tert-OH is 1. The molecule has 1 saturated heterocycles. The van der Waals surface area contributed by atoms with Crippen LogP contribution in [0.15, 0.2) is 36.4 Å². The van der Waals surface area contributed by atoms with Crippen LogP contribution in [0.25, 0.3) is 0 Å². The molecule has 2 aliphatic heterocycles. The number of hydrogen-bond donors (Lipinski definition) is 3. The van der Waals surface area contributed by atoms with E-state index in [1.54, 1.807) is 6.07 Å². The minimum Gasteiger partial charge on any atom is -0.508 e. The van der Waals surface area contributed by atoms with Crippen LogP contribution in [0, 0.1) is 0 Å². The lowest BCUT2D eigenvalue weighted by atomic mass is 9.86. The van der Waals surface area contributed by atoms with Crippen molar-refractivity contribution in [1.29, 1.82) is 0 Å². The maximum Gasteiger partial charge on any atom is 0.416 e. The number of piperidine rings is 1. The van der Waals surface area contributed by atoms with Gasteiger partial charge in [0.1, 0.15) is 35.6 Å². The van der Waals surface area contributed by atoms with E-state index in [9.17, 15) is 28.2 Å². The second-order valence-corrected chi connectivity index (χ2v) is 8.98. The molecule has 2 aromatic carbocycles. The summed E-state index contributed by atoms with van der Waals surface area (Å²) in [5, 5.41) is 20.1. The highest BCUT2D eigenvalue weighted by Crippen LogP contribution is 2.43. The summed E-state index contributed by atoms with van der Waals surface area (Å²) in [4.78, 5) is 13.3. The molecular weight excluding hydrogens is 453 g/mol. The number of carbonyl (C=O) groups is 1. The average molecular weight is 480 g/mol. The third kappa shape index (κ3) is 5.56. The number of β-amino-alcohol motifs (C(OH)–C–C–N with tert-alkyl or cyclic N) is 1. The predicted molar refractivity (Wildman–Crippen MR) is 117 cm³/mol. The summed E-state index contributed by atoms with van der Waals surface area (Å²) in [5.74, 6) is 0.224. The first-order valence-electron chi connectivity index (χ1n) is 11.1. The van der Waals surface area contributed by atoms with Gasteiger partial charge in [-0.1, -0.05) is 6.07 Å². The minimum absolute atomic E-state index is 0.0287. The zero-order valence-corrected chi connectivity index (χ0v) is 18.5. The SMILES string of the molecule is NC(=O)Cc1ccc(O)cc1OC[C@@H](O)CN1CCC2(CC1)Cc1cc(C(F)(F)F)ccc1O2. The van der Waals surface area contributed by atoms with E-state index < -0.39 is 29.4 Å². The summed E-state index contributed by atoms with van der Waals surface area (Å²) < 4.78 is 50.8. The van der Waals surface area contributed by atoms with Crippen molar-refractivity contribution in [3.05, 3.63) is 53.1 Å². The van der Waals surface area contributed by atoms with E-state index in [-0.39, 0.29) is 24.5 Å². The Morgan fingerprint density at radius 2 is 1.94 bits per heavy atom. The molecule has 7 nitrogen and oxygen atoms in total. The van der Waals surface area contributed by atoms with Crippen LogP contribution in [0.3, 0.4) is 0 Å². The van der Waals surface area contributed by atoms with Crippen LogP contribution in [0.5, 0.6) is 17.2 Å². The molecule has 4 N–H and O–H groups in total. The fraction of sp³-hybridized carbons (Fsp3) is 0.458. The van der Waals surface area contributed by atoms with Crippen molar-refractivity contribution in [1.82, 2.24) is 4.90 Å². The van der Waals surface area contributed by atoms with Crippen LogP contribution in [-0.4, -0.2) is 59.0 Å². The summed E-state index contributed by atoms with van der Waals surface area (Å²) in [6, 6.07) is 7.96. The Morgan fingerprint density at radius 1 is 1.21 bits per heavy atom. The highest BCUT2D eigenvalue weighted by Gasteiger charge is 2.43. The van der Waals surface area contributed by atoms with E-state index in [1.165, 1.54) is 24.3 Å². The molecule has 2 aliphatic rings. The lowest BCUT2D eigenvalue weighted by Gasteiger charge is -2.39. The highest BCUT2D eigenvalue weighted by atomic mass is 19.4. The second kappa shape index (κ2) is 9.34. The van der Waals surface area contributed by atoms with Gasteiger partial charge in [-0.15, -0.1) is 0 Å². The zero-order chi connectivity index (χ0) is 24.5. The number of nitrogens with two attached hydrogens (primary N) is 1. The Morgan fingerprint density at radius 3 is 2.62 bits per heavy atom. The number of rotatable bonds is 7.